The quantitative estimate of drug-likeness (QED) is 0.641. The maximum atomic E-state index is 11.5. The van der Waals surface area contributed by atoms with Crippen LogP contribution in [0.3, 0.4) is 0 Å². The minimum atomic E-state index is -0.688. The average molecular weight is 226 g/mol. The summed E-state index contributed by atoms with van der Waals surface area (Å²) in [7, 11) is 0. The lowest BCUT2D eigenvalue weighted by Crippen LogP contribution is -2.61. The lowest BCUT2D eigenvalue weighted by molar-refractivity contribution is -0.502. The number of rotatable bonds is 1. The molecular weight excluding hydrogens is 208 g/mol. The molecule has 0 bridgehead atoms. The van der Waals surface area contributed by atoms with Crippen LogP contribution in [0.5, 0.6) is 0 Å². The summed E-state index contributed by atoms with van der Waals surface area (Å²) in [5.41, 5.74) is -1.34. The molecule has 1 aliphatic carbocycles. The van der Waals surface area contributed by atoms with Crippen LogP contribution in [0, 0.1) is 5.92 Å². The van der Waals surface area contributed by atoms with Crippen molar-refractivity contribution in [2.45, 2.75) is 51.6 Å². The molecule has 4 heteroatoms. The number of ether oxygens (including phenoxy) is 1. The number of carbonyl (C=O) groups excluding carboxylic acids is 1. The fourth-order valence-corrected chi connectivity index (χ4v) is 1.94. The number of allylic oxidation sites excluding steroid dienone is 1. The van der Waals surface area contributed by atoms with Crippen LogP contribution in [-0.2, 0) is 19.3 Å². The molecule has 3 atom stereocenters. The third-order valence-corrected chi connectivity index (χ3v) is 3.39. The van der Waals surface area contributed by atoms with Crippen LogP contribution in [0.25, 0.3) is 0 Å². The van der Waals surface area contributed by atoms with Gasteiger partial charge >= 0.3 is 0 Å². The van der Waals surface area contributed by atoms with E-state index in [0.29, 0.717) is 6.42 Å². The van der Waals surface area contributed by atoms with Crippen LogP contribution in [0.15, 0.2) is 12.2 Å². The van der Waals surface area contributed by atoms with Gasteiger partial charge in [-0.3, -0.25) is 4.79 Å². The Kier molecular flexibility index (Phi) is 2.69. The van der Waals surface area contributed by atoms with Gasteiger partial charge in [0.05, 0.1) is 0 Å². The van der Waals surface area contributed by atoms with Crippen molar-refractivity contribution in [3.63, 3.8) is 0 Å². The zero-order valence-corrected chi connectivity index (χ0v) is 10.1. The van der Waals surface area contributed by atoms with Gasteiger partial charge in [0.15, 0.2) is 12.1 Å². The van der Waals surface area contributed by atoms with Crippen molar-refractivity contribution in [2.75, 3.05) is 0 Å². The Hall–Kier alpha value is -0.710. The Bertz CT molecular complexity index is 336. The molecule has 1 aliphatic heterocycles. The van der Waals surface area contributed by atoms with E-state index in [1.54, 1.807) is 6.08 Å². The van der Waals surface area contributed by atoms with Crippen LogP contribution in [0.2, 0.25) is 0 Å². The minimum Gasteiger partial charge on any atom is -0.339 e. The maximum absolute atomic E-state index is 11.5. The summed E-state index contributed by atoms with van der Waals surface area (Å²) >= 11 is 0. The van der Waals surface area contributed by atoms with Crippen molar-refractivity contribution in [3.05, 3.63) is 12.2 Å². The number of carbonyl (C=O) groups is 1. The van der Waals surface area contributed by atoms with Gasteiger partial charge in [-0.1, -0.05) is 13.8 Å². The fraction of sp³-hybridized carbons (Fsp3) is 0.750. The standard InChI is InChI=1S/C12H18O4/c1-8(2)10-14-12(4)7-9(13)5-6-11(12,3)16-15-10/h5-6,8,10H,7H2,1-4H3/t10-,11+,12-/m0/s1. The minimum absolute atomic E-state index is 0.0629. The molecule has 0 spiro atoms. The number of fused-ring (bicyclic) bond motifs is 1. The molecule has 0 saturated carbocycles. The maximum Gasteiger partial charge on any atom is 0.194 e. The van der Waals surface area contributed by atoms with Crippen molar-refractivity contribution in [1.82, 2.24) is 0 Å². The van der Waals surface area contributed by atoms with E-state index < -0.39 is 17.5 Å². The first-order valence-corrected chi connectivity index (χ1v) is 5.61. The van der Waals surface area contributed by atoms with Crippen LogP contribution >= 0.6 is 0 Å². The Morgan fingerprint density at radius 3 is 2.75 bits per heavy atom. The molecule has 2 rings (SSSR count). The van der Waals surface area contributed by atoms with Gasteiger partial charge in [-0.2, -0.15) is 0 Å². The highest BCUT2D eigenvalue weighted by atomic mass is 17.2. The van der Waals surface area contributed by atoms with Gasteiger partial charge in [0.1, 0.15) is 11.2 Å². The first-order chi connectivity index (χ1) is 7.36. The van der Waals surface area contributed by atoms with E-state index in [1.165, 1.54) is 6.08 Å². The highest BCUT2D eigenvalue weighted by molar-refractivity contribution is 5.92. The molecule has 1 fully saturated rings. The van der Waals surface area contributed by atoms with Gasteiger partial charge in [-0.15, -0.1) is 0 Å². The number of hydrogen-bond donors (Lipinski definition) is 0. The van der Waals surface area contributed by atoms with E-state index in [-0.39, 0.29) is 11.7 Å². The Labute approximate surface area is 95.5 Å². The largest absolute Gasteiger partial charge is 0.339 e. The van der Waals surface area contributed by atoms with Crippen molar-refractivity contribution >= 4 is 5.78 Å². The van der Waals surface area contributed by atoms with Crippen molar-refractivity contribution in [2.24, 2.45) is 5.92 Å². The van der Waals surface area contributed by atoms with Gasteiger partial charge in [0.2, 0.25) is 0 Å². The second-order valence-electron chi connectivity index (χ2n) is 5.22. The second-order valence-corrected chi connectivity index (χ2v) is 5.22. The molecule has 90 valence electrons. The van der Waals surface area contributed by atoms with Crippen LogP contribution in [0.1, 0.15) is 34.1 Å². The molecule has 1 heterocycles. The molecular formula is C12H18O4. The summed E-state index contributed by atoms with van der Waals surface area (Å²) in [6.45, 7) is 7.74. The molecule has 1 saturated heterocycles. The first kappa shape index (κ1) is 11.8. The SMILES string of the molecule is CC(C)[C@@H]1OO[C@]2(C)C=CC(=O)C[C@]2(C)O1. The van der Waals surface area contributed by atoms with E-state index in [0.717, 1.165) is 0 Å². The molecule has 0 aromatic heterocycles. The third-order valence-electron chi connectivity index (χ3n) is 3.39. The third kappa shape index (κ3) is 1.71. The van der Waals surface area contributed by atoms with Crippen LogP contribution in [0.4, 0.5) is 0 Å². The molecule has 0 radical (unpaired) electrons. The predicted molar refractivity (Wildman–Crippen MR) is 57.5 cm³/mol. The van der Waals surface area contributed by atoms with Crippen LogP contribution in [-0.4, -0.2) is 23.3 Å². The van der Waals surface area contributed by atoms with E-state index in [4.69, 9.17) is 14.5 Å². The summed E-state index contributed by atoms with van der Waals surface area (Å²) in [6, 6.07) is 0. The monoisotopic (exact) mass is 226 g/mol. The van der Waals surface area contributed by atoms with Crippen molar-refractivity contribution in [1.29, 1.82) is 0 Å². The van der Waals surface area contributed by atoms with Crippen LogP contribution < -0.4 is 0 Å². The first-order valence-electron chi connectivity index (χ1n) is 5.61. The lowest BCUT2D eigenvalue weighted by atomic mass is 9.77. The van der Waals surface area contributed by atoms with Crippen molar-refractivity contribution in [3.8, 4) is 0 Å². The summed E-state index contributed by atoms with van der Waals surface area (Å²) in [5.74, 6) is 0.246. The van der Waals surface area contributed by atoms with Gasteiger partial charge in [-0.25, -0.2) is 9.78 Å². The molecule has 2 aliphatic rings. The second kappa shape index (κ2) is 3.65. The highest BCUT2D eigenvalue weighted by Crippen LogP contribution is 2.43. The fourth-order valence-electron chi connectivity index (χ4n) is 1.94. The molecule has 0 N–H and O–H groups in total. The Morgan fingerprint density at radius 1 is 1.44 bits per heavy atom. The summed E-state index contributed by atoms with van der Waals surface area (Å²) in [5, 5.41) is 0. The van der Waals surface area contributed by atoms with Gasteiger partial charge in [0, 0.05) is 12.3 Å². The van der Waals surface area contributed by atoms with E-state index in [1.807, 2.05) is 27.7 Å². The summed E-state index contributed by atoms with van der Waals surface area (Å²) in [6.07, 6.45) is 3.16. The smallest absolute Gasteiger partial charge is 0.194 e. The van der Waals surface area contributed by atoms with Gasteiger partial charge in [-0.05, 0) is 26.0 Å². The average Bonchev–Trinajstić information content (AvgIpc) is 2.18. The zero-order chi connectivity index (χ0) is 12.0. The molecule has 4 nitrogen and oxygen atoms in total. The van der Waals surface area contributed by atoms with Gasteiger partial charge < -0.3 is 4.74 Å². The van der Waals surface area contributed by atoms with E-state index in [9.17, 15) is 4.79 Å². The number of hydrogen-bond acceptors (Lipinski definition) is 4. The molecule has 16 heavy (non-hydrogen) atoms. The highest BCUT2D eigenvalue weighted by Gasteiger charge is 2.54. The molecule has 0 unspecified atom stereocenters. The normalized spacial score (nSPS) is 43.6. The summed E-state index contributed by atoms with van der Waals surface area (Å²) < 4.78 is 5.89. The number of ketones is 1. The lowest BCUT2D eigenvalue weighted by Gasteiger charge is -2.50. The predicted octanol–water partition coefficient (Wildman–Crippen LogP) is 1.99. The topological polar surface area (TPSA) is 44.8 Å². The Morgan fingerprint density at radius 2 is 2.12 bits per heavy atom. The zero-order valence-electron chi connectivity index (χ0n) is 10.1. The molecule has 0 aromatic rings. The Balaban J connectivity index is 2.27. The summed E-state index contributed by atoms with van der Waals surface area (Å²) in [4.78, 5) is 22.1. The van der Waals surface area contributed by atoms with E-state index >= 15 is 0 Å². The van der Waals surface area contributed by atoms with Gasteiger partial charge in [0.25, 0.3) is 0 Å². The molecule has 0 amide bonds. The molecule has 0 aromatic carbocycles. The van der Waals surface area contributed by atoms with E-state index in [2.05, 4.69) is 0 Å². The van der Waals surface area contributed by atoms with Crippen molar-refractivity contribution < 1.29 is 19.3 Å².